The molecule has 3 nitrogen and oxygen atoms in total. The van der Waals surface area contributed by atoms with E-state index in [0.29, 0.717) is 6.07 Å². The second kappa shape index (κ2) is 6.65. The van der Waals surface area contributed by atoms with E-state index in [4.69, 9.17) is 5.11 Å². The summed E-state index contributed by atoms with van der Waals surface area (Å²) >= 11 is 0. The van der Waals surface area contributed by atoms with Crippen LogP contribution in [-0.4, -0.2) is 37.5 Å². The van der Waals surface area contributed by atoms with Crippen LogP contribution in [0.2, 0.25) is 0 Å². The Labute approximate surface area is 111 Å². The number of aliphatic hydroxyl groups is 1. The molecule has 0 radical (unpaired) electrons. The molecule has 0 aromatic heterocycles. The maximum Gasteiger partial charge on any atom is 0.418 e. The second-order valence-electron chi connectivity index (χ2n) is 3.95. The van der Waals surface area contributed by atoms with Crippen molar-refractivity contribution in [1.29, 1.82) is 0 Å². The standard InChI is InChI=1S/C12H12F5NO2/c13-11(14)6-18(3-4-19)10-2-1-8(7-20)5-9(10)12(15,16)17/h1-2,5,7,11,19H,3-4,6H2. The molecule has 0 aliphatic heterocycles. The first-order chi connectivity index (χ1) is 9.29. The lowest BCUT2D eigenvalue weighted by Crippen LogP contribution is -2.33. The molecule has 20 heavy (non-hydrogen) atoms. The maximum atomic E-state index is 12.9. The topological polar surface area (TPSA) is 40.5 Å². The lowest BCUT2D eigenvalue weighted by molar-refractivity contribution is -0.137. The van der Waals surface area contributed by atoms with Gasteiger partial charge >= 0.3 is 6.18 Å². The van der Waals surface area contributed by atoms with E-state index in [1.165, 1.54) is 0 Å². The van der Waals surface area contributed by atoms with Crippen LogP contribution >= 0.6 is 0 Å². The highest BCUT2D eigenvalue weighted by atomic mass is 19.4. The van der Waals surface area contributed by atoms with E-state index < -0.39 is 37.0 Å². The summed E-state index contributed by atoms with van der Waals surface area (Å²) in [5.41, 5.74) is -1.88. The summed E-state index contributed by atoms with van der Waals surface area (Å²) in [6, 6.07) is 2.65. The third-order valence-electron chi connectivity index (χ3n) is 2.53. The Morgan fingerprint density at radius 3 is 2.40 bits per heavy atom. The summed E-state index contributed by atoms with van der Waals surface area (Å²) in [5, 5.41) is 8.78. The number of carbonyl (C=O) groups excluding carboxylic acids is 1. The van der Waals surface area contributed by atoms with E-state index in [0.717, 1.165) is 17.0 Å². The number of nitrogens with zero attached hydrogens (tertiary/aromatic N) is 1. The number of hydrogen-bond acceptors (Lipinski definition) is 3. The van der Waals surface area contributed by atoms with E-state index in [2.05, 4.69) is 0 Å². The zero-order valence-corrected chi connectivity index (χ0v) is 10.2. The van der Waals surface area contributed by atoms with Gasteiger partial charge in [0.2, 0.25) is 0 Å². The first kappa shape index (κ1) is 16.4. The van der Waals surface area contributed by atoms with Gasteiger partial charge in [-0.15, -0.1) is 0 Å². The van der Waals surface area contributed by atoms with Crippen molar-refractivity contribution < 1.29 is 31.9 Å². The van der Waals surface area contributed by atoms with Crippen LogP contribution in [0.4, 0.5) is 27.6 Å². The number of alkyl halides is 5. The third-order valence-corrected chi connectivity index (χ3v) is 2.53. The molecule has 0 aliphatic rings. The smallest absolute Gasteiger partial charge is 0.395 e. The van der Waals surface area contributed by atoms with Crippen LogP contribution in [0.5, 0.6) is 0 Å². The molecule has 0 atom stereocenters. The van der Waals surface area contributed by atoms with Crippen LogP contribution in [0.1, 0.15) is 15.9 Å². The molecule has 0 fully saturated rings. The minimum Gasteiger partial charge on any atom is -0.395 e. The molecule has 1 N–H and O–H groups in total. The van der Waals surface area contributed by atoms with Gasteiger partial charge in [-0.05, 0) is 18.2 Å². The van der Waals surface area contributed by atoms with Gasteiger partial charge in [-0.2, -0.15) is 13.2 Å². The maximum absolute atomic E-state index is 12.9. The average molecular weight is 297 g/mol. The van der Waals surface area contributed by atoms with Gasteiger partial charge in [0.15, 0.2) is 0 Å². The monoisotopic (exact) mass is 297 g/mol. The SMILES string of the molecule is O=Cc1ccc(N(CCO)CC(F)F)c(C(F)(F)F)c1. The van der Waals surface area contributed by atoms with Crippen molar-refractivity contribution in [1.82, 2.24) is 0 Å². The van der Waals surface area contributed by atoms with Gasteiger partial charge in [-0.1, -0.05) is 0 Å². The lowest BCUT2D eigenvalue weighted by Gasteiger charge is -2.27. The Balaban J connectivity index is 3.28. The molecule has 0 amide bonds. The molecule has 0 bridgehead atoms. The van der Waals surface area contributed by atoms with Crippen molar-refractivity contribution in [3.05, 3.63) is 29.3 Å². The number of benzene rings is 1. The van der Waals surface area contributed by atoms with Crippen LogP contribution in [0.3, 0.4) is 0 Å². The van der Waals surface area contributed by atoms with Crippen LogP contribution < -0.4 is 4.90 Å². The van der Waals surface area contributed by atoms with Gasteiger partial charge in [0.25, 0.3) is 6.43 Å². The van der Waals surface area contributed by atoms with Crippen molar-refractivity contribution in [2.75, 3.05) is 24.6 Å². The number of halogens is 5. The van der Waals surface area contributed by atoms with Gasteiger partial charge < -0.3 is 10.0 Å². The number of anilines is 1. The summed E-state index contributed by atoms with van der Waals surface area (Å²) < 4.78 is 63.5. The predicted octanol–water partition coefficient (Wildman–Crippen LogP) is 2.58. The quantitative estimate of drug-likeness (QED) is 0.648. The molecule has 0 unspecified atom stereocenters. The summed E-state index contributed by atoms with van der Waals surface area (Å²) in [4.78, 5) is 11.3. The summed E-state index contributed by atoms with van der Waals surface area (Å²) in [5.74, 6) is 0. The Kier molecular flexibility index (Phi) is 5.43. The molecule has 1 aromatic rings. The molecular formula is C12H12F5NO2. The molecular weight excluding hydrogens is 285 g/mol. The number of aliphatic hydroxyl groups excluding tert-OH is 1. The minimum atomic E-state index is -4.79. The van der Waals surface area contributed by atoms with Crippen LogP contribution in [0, 0.1) is 0 Å². The van der Waals surface area contributed by atoms with Gasteiger partial charge in [-0.25, -0.2) is 8.78 Å². The molecule has 1 rings (SSSR count). The largest absolute Gasteiger partial charge is 0.418 e. The van der Waals surface area contributed by atoms with Crippen molar-refractivity contribution in [3.8, 4) is 0 Å². The number of aldehydes is 1. The number of carbonyl (C=O) groups is 1. The zero-order chi connectivity index (χ0) is 15.3. The van der Waals surface area contributed by atoms with Crippen LogP contribution in [-0.2, 0) is 6.18 Å². The number of hydrogen-bond donors (Lipinski definition) is 1. The van der Waals surface area contributed by atoms with E-state index >= 15 is 0 Å². The van der Waals surface area contributed by atoms with Crippen molar-refractivity contribution in [2.45, 2.75) is 12.6 Å². The Bertz CT molecular complexity index is 462. The van der Waals surface area contributed by atoms with Gasteiger partial charge in [0.05, 0.1) is 18.7 Å². The zero-order valence-electron chi connectivity index (χ0n) is 10.2. The predicted molar refractivity (Wildman–Crippen MR) is 62.1 cm³/mol. The van der Waals surface area contributed by atoms with Crippen molar-refractivity contribution in [3.63, 3.8) is 0 Å². The molecule has 0 spiro atoms. The van der Waals surface area contributed by atoms with Gasteiger partial charge in [0, 0.05) is 17.8 Å². The molecule has 0 saturated carbocycles. The van der Waals surface area contributed by atoms with E-state index in [9.17, 15) is 26.7 Å². The van der Waals surface area contributed by atoms with Crippen LogP contribution in [0.25, 0.3) is 0 Å². The highest BCUT2D eigenvalue weighted by Gasteiger charge is 2.35. The lowest BCUT2D eigenvalue weighted by atomic mass is 10.1. The molecule has 112 valence electrons. The summed E-state index contributed by atoms with van der Waals surface area (Å²) in [6.07, 6.45) is -7.40. The molecule has 0 aliphatic carbocycles. The van der Waals surface area contributed by atoms with Gasteiger partial charge in [0.1, 0.15) is 6.29 Å². The minimum absolute atomic E-state index is 0.206. The first-order valence-corrected chi connectivity index (χ1v) is 5.60. The third kappa shape index (κ3) is 4.16. The van der Waals surface area contributed by atoms with Crippen molar-refractivity contribution in [2.24, 2.45) is 0 Å². The summed E-state index contributed by atoms with van der Waals surface area (Å²) in [6.45, 7) is -1.88. The van der Waals surface area contributed by atoms with Crippen molar-refractivity contribution >= 4 is 12.0 Å². The fourth-order valence-electron chi connectivity index (χ4n) is 1.73. The highest BCUT2D eigenvalue weighted by molar-refractivity contribution is 5.77. The molecule has 8 heteroatoms. The highest BCUT2D eigenvalue weighted by Crippen LogP contribution is 2.37. The van der Waals surface area contributed by atoms with Gasteiger partial charge in [-0.3, -0.25) is 4.79 Å². The first-order valence-electron chi connectivity index (χ1n) is 5.60. The molecule has 0 saturated heterocycles. The average Bonchev–Trinajstić information content (AvgIpc) is 2.36. The van der Waals surface area contributed by atoms with Crippen LogP contribution in [0.15, 0.2) is 18.2 Å². The Morgan fingerprint density at radius 2 is 1.95 bits per heavy atom. The fraction of sp³-hybridized carbons (Fsp3) is 0.417. The normalized spacial score (nSPS) is 11.8. The summed E-state index contributed by atoms with van der Waals surface area (Å²) in [7, 11) is 0. The van der Waals surface area contributed by atoms with E-state index in [1.807, 2.05) is 0 Å². The molecule has 0 heterocycles. The Morgan fingerprint density at radius 1 is 1.30 bits per heavy atom. The Hall–Kier alpha value is -1.70. The van der Waals surface area contributed by atoms with E-state index in [1.54, 1.807) is 0 Å². The fourth-order valence-corrected chi connectivity index (χ4v) is 1.73. The second-order valence-corrected chi connectivity index (χ2v) is 3.95. The number of rotatable bonds is 6. The van der Waals surface area contributed by atoms with E-state index in [-0.39, 0.29) is 18.4 Å². The molecule has 1 aromatic carbocycles.